The second kappa shape index (κ2) is 5.31. The highest BCUT2D eigenvalue weighted by Crippen LogP contribution is 2.42. The summed E-state index contributed by atoms with van der Waals surface area (Å²) < 4.78 is 5.48. The Bertz CT molecular complexity index is 383. The summed E-state index contributed by atoms with van der Waals surface area (Å²) in [5.41, 5.74) is 8.07. The molecule has 18 heavy (non-hydrogen) atoms. The van der Waals surface area contributed by atoms with Crippen molar-refractivity contribution in [2.75, 3.05) is 6.61 Å². The molecule has 0 radical (unpaired) electrons. The summed E-state index contributed by atoms with van der Waals surface area (Å²) in [6, 6.07) is 8.78. The topological polar surface area (TPSA) is 35.2 Å². The SMILES string of the molecule is CCOc1ccc(C2CC(C)(C)CCC2N)cc1. The molecule has 1 aliphatic carbocycles. The van der Waals surface area contributed by atoms with E-state index in [2.05, 4.69) is 38.1 Å². The molecule has 2 N–H and O–H groups in total. The third-order valence-corrected chi connectivity index (χ3v) is 4.06. The minimum Gasteiger partial charge on any atom is -0.494 e. The van der Waals surface area contributed by atoms with Gasteiger partial charge in [-0.05, 0) is 55.2 Å². The van der Waals surface area contributed by atoms with Crippen LogP contribution in [0.5, 0.6) is 5.75 Å². The summed E-state index contributed by atoms with van der Waals surface area (Å²) in [4.78, 5) is 0. The zero-order valence-corrected chi connectivity index (χ0v) is 11.8. The predicted octanol–water partition coefficient (Wildman–Crippen LogP) is 3.71. The summed E-state index contributed by atoms with van der Waals surface area (Å²) in [5, 5.41) is 0. The Morgan fingerprint density at radius 1 is 1.28 bits per heavy atom. The van der Waals surface area contributed by atoms with E-state index in [4.69, 9.17) is 10.5 Å². The van der Waals surface area contributed by atoms with Crippen molar-refractivity contribution in [3.05, 3.63) is 29.8 Å². The van der Waals surface area contributed by atoms with Gasteiger partial charge in [-0.15, -0.1) is 0 Å². The van der Waals surface area contributed by atoms with E-state index < -0.39 is 0 Å². The highest BCUT2D eigenvalue weighted by molar-refractivity contribution is 5.30. The summed E-state index contributed by atoms with van der Waals surface area (Å²) in [5.74, 6) is 1.44. The van der Waals surface area contributed by atoms with Crippen molar-refractivity contribution >= 4 is 0 Å². The van der Waals surface area contributed by atoms with Crippen LogP contribution < -0.4 is 10.5 Å². The lowest BCUT2D eigenvalue weighted by molar-refractivity contribution is 0.198. The average molecular weight is 247 g/mol. The molecule has 2 unspecified atom stereocenters. The first-order valence-corrected chi connectivity index (χ1v) is 7.00. The average Bonchev–Trinajstić information content (AvgIpc) is 2.34. The van der Waals surface area contributed by atoms with Crippen molar-refractivity contribution in [1.82, 2.24) is 0 Å². The zero-order valence-electron chi connectivity index (χ0n) is 11.8. The number of ether oxygens (including phenoxy) is 1. The summed E-state index contributed by atoms with van der Waals surface area (Å²) in [7, 11) is 0. The summed E-state index contributed by atoms with van der Waals surface area (Å²) in [6.07, 6.45) is 3.55. The fourth-order valence-corrected chi connectivity index (χ4v) is 2.95. The third kappa shape index (κ3) is 3.05. The zero-order chi connectivity index (χ0) is 13.2. The van der Waals surface area contributed by atoms with Gasteiger partial charge in [0.25, 0.3) is 0 Å². The van der Waals surface area contributed by atoms with Gasteiger partial charge in [0.05, 0.1) is 6.61 Å². The number of hydrogen-bond donors (Lipinski definition) is 1. The minimum absolute atomic E-state index is 0.302. The molecule has 2 atom stereocenters. The molecule has 1 saturated carbocycles. The van der Waals surface area contributed by atoms with Gasteiger partial charge in [0, 0.05) is 6.04 Å². The first-order valence-electron chi connectivity index (χ1n) is 7.00. The van der Waals surface area contributed by atoms with Gasteiger partial charge in [0.15, 0.2) is 0 Å². The fourth-order valence-electron chi connectivity index (χ4n) is 2.95. The molecule has 0 heterocycles. The van der Waals surface area contributed by atoms with Crippen molar-refractivity contribution in [2.45, 2.75) is 52.0 Å². The molecule has 100 valence electrons. The lowest BCUT2D eigenvalue weighted by atomic mass is 9.68. The monoisotopic (exact) mass is 247 g/mol. The van der Waals surface area contributed by atoms with Gasteiger partial charge < -0.3 is 10.5 Å². The Labute approximate surface area is 111 Å². The second-order valence-electron chi connectivity index (χ2n) is 6.18. The maximum atomic E-state index is 6.30. The van der Waals surface area contributed by atoms with Gasteiger partial charge >= 0.3 is 0 Å². The molecule has 0 aliphatic heterocycles. The van der Waals surface area contributed by atoms with Crippen LogP contribution in [0.4, 0.5) is 0 Å². The van der Waals surface area contributed by atoms with Gasteiger partial charge in [-0.2, -0.15) is 0 Å². The van der Waals surface area contributed by atoms with E-state index in [0.29, 0.717) is 17.4 Å². The molecular weight excluding hydrogens is 222 g/mol. The first kappa shape index (κ1) is 13.4. The molecule has 2 rings (SSSR count). The summed E-state index contributed by atoms with van der Waals surface area (Å²) >= 11 is 0. The number of nitrogens with two attached hydrogens (primary N) is 1. The van der Waals surface area contributed by atoms with E-state index in [-0.39, 0.29) is 0 Å². The Balaban J connectivity index is 2.14. The number of benzene rings is 1. The van der Waals surface area contributed by atoms with E-state index in [1.165, 1.54) is 18.4 Å². The Morgan fingerprint density at radius 2 is 1.94 bits per heavy atom. The molecule has 0 amide bonds. The maximum absolute atomic E-state index is 6.30. The van der Waals surface area contributed by atoms with Crippen molar-refractivity contribution in [1.29, 1.82) is 0 Å². The van der Waals surface area contributed by atoms with Crippen LogP contribution in [0.25, 0.3) is 0 Å². The van der Waals surface area contributed by atoms with Crippen LogP contribution in [0.15, 0.2) is 24.3 Å². The predicted molar refractivity (Wildman–Crippen MR) is 76.0 cm³/mol. The van der Waals surface area contributed by atoms with E-state index in [1.807, 2.05) is 6.92 Å². The molecule has 0 saturated heterocycles. The van der Waals surface area contributed by atoms with Gasteiger partial charge in [-0.3, -0.25) is 0 Å². The molecule has 1 fully saturated rings. The molecule has 0 bridgehead atoms. The van der Waals surface area contributed by atoms with Crippen LogP contribution in [0, 0.1) is 5.41 Å². The smallest absolute Gasteiger partial charge is 0.119 e. The van der Waals surface area contributed by atoms with E-state index in [0.717, 1.165) is 18.8 Å². The van der Waals surface area contributed by atoms with Crippen LogP contribution in [0.1, 0.15) is 51.5 Å². The van der Waals surface area contributed by atoms with Crippen molar-refractivity contribution < 1.29 is 4.74 Å². The van der Waals surface area contributed by atoms with Gasteiger partial charge in [-0.25, -0.2) is 0 Å². The second-order valence-corrected chi connectivity index (χ2v) is 6.18. The largest absolute Gasteiger partial charge is 0.494 e. The van der Waals surface area contributed by atoms with Gasteiger partial charge in [0.2, 0.25) is 0 Å². The normalized spacial score (nSPS) is 26.9. The van der Waals surface area contributed by atoms with E-state index in [9.17, 15) is 0 Å². The first-order chi connectivity index (χ1) is 8.52. The molecule has 1 aliphatic rings. The van der Waals surface area contributed by atoms with Crippen molar-refractivity contribution in [2.24, 2.45) is 11.1 Å². The Morgan fingerprint density at radius 3 is 2.56 bits per heavy atom. The highest BCUT2D eigenvalue weighted by atomic mass is 16.5. The lowest BCUT2D eigenvalue weighted by Crippen LogP contribution is -2.37. The van der Waals surface area contributed by atoms with Crippen molar-refractivity contribution in [3.8, 4) is 5.75 Å². The van der Waals surface area contributed by atoms with Crippen LogP contribution in [0.3, 0.4) is 0 Å². The third-order valence-electron chi connectivity index (χ3n) is 4.06. The molecule has 1 aromatic rings. The standard InChI is InChI=1S/C16H25NO/c1-4-18-13-7-5-12(6-8-13)14-11-16(2,3)10-9-15(14)17/h5-8,14-15H,4,9-11,17H2,1-3H3. The van der Waals surface area contributed by atoms with E-state index in [1.54, 1.807) is 0 Å². The van der Waals surface area contributed by atoms with Crippen LogP contribution >= 0.6 is 0 Å². The minimum atomic E-state index is 0.302. The van der Waals surface area contributed by atoms with Gasteiger partial charge in [0.1, 0.15) is 5.75 Å². The quantitative estimate of drug-likeness (QED) is 0.883. The maximum Gasteiger partial charge on any atom is 0.119 e. The Hall–Kier alpha value is -1.02. The fraction of sp³-hybridized carbons (Fsp3) is 0.625. The summed E-state index contributed by atoms with van der Waals surface area (Å²) in [6.45, 7) is 7.42. The van der Waals surface area contributed by atoms with Crippen LogP contribution in [0.2, 0.25) is 0 Å². The molecular formula is C16H25NO. The number of rotatable bonds is 3. The van der Waals surface area contributed by atoms with Crippen LogP contribution in [-0.2, 0) is 0 Å². The number of hydrogen-bond acceptors (Lipinski definition) is 2. The molecule has 1 aromatic carbocycles. The van der Waals surface area contributed by atoms with Gasteiger partial charge in [-0.1, -0.05) is 26.0 Å². The van der Waals surface area contributed by atoms with E-state index >= 15 is 0 Å². The molecule has 2 nitrogen and oxygen atoms in total. The molecule has 0 spiro atoms. The highest BCUT2D eigenvalue weighted by Gasteiger charge is 2.33. The molecule has 0 aromatic heterocycles. The lowest BCUT2D eigenvalue weighted by Gasteiger charge is -2.39. The molecule has 2 heteroatoms. The van der Waals surface area contributed by atoms with Crippen LogP contribution in [-0.4, -0.2) is 12.6 Å². The van der Waals surface area contributed by atoms with Crippen molar-refractivity contribution in [3.63, 3.8) is 0 Å². The Kier molecular flexibility index (Phi) is 3.96.